The number of hydrogen-bond acceptors (Lipinski definition) is 5. The van der Waals surface area contributed by atoms with Gasteiger partial charge in [0.15, 0.2) is 11.5 Å². The van der Waals surface area contributed by atoms with E-state index in [-0.39, 0.29) is 0 Å². The van der Waals surface area contributed by atoms with Gasteiger partial charge < -0.3 is 0 Å². The Bertz CT molecular complexity index is 443. The standard InChI is InChI=1S/C4H5F6NO5S2/c5-3(6,7)1-17(13,14)11(12)18(15,16)2-4(8,9)10/h12H,1-2H2. The third-order valence-electron chi connectivity index (χ3n) is 1.17. The Kier molecular flexibility index (Phi) is 4.66. The van der Waals surface area contributed by atoms with Crippen LogP contribution in [-0.2, 0) is 20.0 Å². The van der Waals surface area contributed by atoms with E-state index in [9.17, 15) is 43.2 Å². The second-order valence-electron chi connectivity index (χ2n) is 2.92. The topological polar surface area (TPSA) is 91.8 Å². The van der Waals surface area contributed by atoms with Crippen LogP contribution in [0.15, 0.2) is 0 Å². The number of hydrogen-bond donors (Lipinski definition) is 1. The Morgan fingerprint density at radius 1 is 0.778 bits per heavy atom. The first-order valence-electron chi connectivity index (χ1n) is 3.65. The van der Waals surface area contributed by atoms with Gasteiger partial charge in [0.25, 0.3) is 20.0 Å². The Labute approximate surface area is 96.9 Å². The maximum atomic E-state index is 11.7. The van der Waals surface area contributed by atoms with E-state index < -0.39 is 47.8 Å². The second kappa shape index (κ2) is 4.82. The molecule has 0 aromatic heterocycles. The van der Waals surface area contributed by atoms with Gasteiger partial charge in [-0.2, -0.15) is 26.3 Å². The molecule has 14 heteroatoms. The summed E-state index contributed by atoms with van der Waals surface area (Å²) in [6, 6.07) is 0. The monoisotopic (exact) mass is 325 g/mol. The normalized spacial score (nSPS) is 15.1. The predicted octanol–water partition coefficient (Wildman–Crippen LogP) is 0.462. The van der Waals surface area contributed by atoms with E-state index in [0.29, 0.717) is 0 Å². The van der Waals surface area contributed by atoms with E-state index >= 15 is 0 Å². The van der Waals surface area contributed by atoms with Crippen molar-refractivity contribution in [3.63, 3.8) is 0 Å². The van der Waals surface area contributed by atoms with E-state index in [2.05, 4.69) is 0 Å². The first-order valence-corrected chi connectivity index (χ1v) is 6.87. The van der Waals surface area contributed by atoms with Crippen LogP contribution < -0.4 is 0 Å². The van der Waals surface area contributed by atoms with E-state index in [1.165, 1.54) is 0 Å². The lowest BCUT2D eigenvalue weighted by molar-refractivity contribution is -0.108. The molecular weight excluding hydrogens is 320 g/mol. The maximum Gasteiger partial charge on any atom is 0.404 e. The predicted molar refractivity (Wildman–Crippen MR) is 43.3 cm³/mol. The Balaban J connectivity index is 5.23. The van der Waals surface area contributed by atoms with Crippen molar-refractivity contribution in [1.82, 2.24) is 3.87 Å². The van der Waals surface area contributed by atoms with Crippen LogP contribution in [0.25, 0.3) is 0 Å². The molecule has 0 aliphatic carbocycles. The number of sulfonamides is 2. The number of rotatable bonds is 4. The molecule has 18 heavy (non-hydrogen) atoms. The van der Waals surface area contributed by atoms with E-state index in [1.54, 1.807) is 0 Å². The average Bonchev–Trinajstić information content (AvgIpc) is 1.92. The van der Waals surface area contributed by atoms with Crippen molar-refractivity contribution in [2.45, 2.75) is 12.4 Å². The zero-order valence-corrected chi connectivity index (χ0v) is 9.66. The second-order valence-corrected chi connectivity index (χ2v) is 6.75. The van der Waals surface area contributed by atoms with Crippen molar-refractivity contribution in [1.29, 1.82) is 0 Å². The summed E-state index contributed by atoms with van der Waals surface area (Å²) in [5.74, 6) is -5.62. The highest BCUT2D eigenvalue weighted by Gasteiger charge is 2.46. The summed E-state index contributed by atoms with van der Waals surface area (Å²) < 4.78 is 111. The highest BCUT2D eigenvalue weighted by Crippen LogP contribution is 2.23. The zero-order chi connectivity index (χ0) is 15.0. The fourth-order valence-corrected chi connectivity index (χ4v) is 3.45. The van der Waals surface area contributed by atoms with Gasteiger partial charge in [-0.15, -0.1) is 0 Å². The van der Waals surface area contributed by atoms with Crippen LogP contribution in [0.4, 0.5) is 26.3 Å². The van der Waals surface area contributed by atoms with E-state index in [4.69, 9.17) is 5.21 Å². The molecule has 0 saturated heterocycles. The SMILES string of the molecule is O=S(=O)(CC(F)(F)F)N(O)S(=O)(=O)CC(F)(F)F. The summed E-state index contributed by atoms with van der Waals surface area (Å²) in [5.41, 5.74) is 0. The highest BCUT2D eigenvalue weighted by molar-refractivity contribution is 8.03. The molecule has 110 valence electrons. The molecule has 0 rings (SSSR count). The molecule has 0 aromatic rings. The van der Waals surface area contributed by atoms with Crippen molar-refractivity contribution in [2.75, 3.05) is 11.5 Å². The molecule has 0 aliphatic rings. The zero-order valence-electron chi connectivity index (χ0n) is 8.03. The summed E-state index contributed by atoms with van der Waals surface area (Å²) in [5, 5.41) is 8.49. The number of nitrogens with zero attached hydrogens (tertiary/aromatic N) is 1. The third-order valence-corrected chi connectivity index (χ3v) is 4.87. The van der Waals surface area contributed by atoms with Crippen molar-refractivity contribution >= 4 is 20.0 Å². The minimum Gasteiger partial charge on any atom is -0.286 e. The lowest BCUT2D eigenvalue weighted by atomic mass is 10.8. The van der Waals surface area contributed by atoms with Gasteiger partial charge in [0.05, 0.1) is 0 Å². The molecule has 0 aliphatic heterocycles. The van der Waals surface area contributed by atoms with Crippen LogP contribution in [0, 0.1) is 0 Å². The number of halogens is 6. The molecule has 0 amide bonds. The summed E-state index contributed by atoms with van der Waals surface area (Å²) in [6.07, 6.45) is -10.8. The first-order chi connectivity index (χ1) is 7.57. The van der Waals surface area contributed by atoms with Crippen molar-refractivity contribution in [2.24, 2.45) is 0 Å². The van der Waals surface area contributed by atoms with Crippen LogP contribution in [0.3, 0.4) is 0 Å². The van der Waals surface area contributed by atoms with Gasteiger partial charge in [0.1, 0.15) is 0 Å². The van der Waals surface area contributed by atoms with Crippen molar-refractivity contribution in [3.05, 3.63) is 0 Å². The van der Waals surface area contributed by atoms with Gasteiger partial charge in [0, 0.05) is 3.87 Å². The Hall–Kier alpha value is -0.600. The molecule has 0 unspecified atom stereocenters. The Morgan fingerprint density at radius 3 is 1.17 bits per heavy atom. The fraction of sp³-hybridized carbons (Fsp3) is 1.00. The average molecular weight is 325 g/mol. The fourth-order valence-electron chi connectivity index (χ4n) is 0.697. The van der Waals surface area contributed by atoms with Gasteiger partial charge in [-0.25, -0.2) is 16.8 Å². The van der Waals surface area contributed by atoms with Crippen molar-refractivity contribution < 1.29 is 48.4 Å². The van der Waals surface area contributed by atoms with Crippen LogP contribution >= 0.6 is 0 Å². The lowest BCUT2D eigenvalue weighted by Gasteiger charge is -2.17. The lowest BCUT2D eigenvalue weighted by Crippen LogP contribution is -2.43. The molecule has 0 radical (unpaired) electrons. The summed E-state index contributed by atoms with van der Waals surface area (Å²) in [6.45, 7) is 0. The van der Waals surface area contributed by atoms with Gasteiger partial charge in [-0.05, 0) is 0 Å². The summed E-state index contributed by atoms with van der Waals surface area (Å²) in [7, 11) is -11.7. The highest BCUT2D eigenvalue weighted by atomic mass is 32.3. The van der Waals surface area contributed by atoms with Crippen molar-refractivity contribution in [3.8, 4) is 0 Å². The minimum absolute atomic E-state index is 1.92. The first kappa shape index (κ1) is 17.4. The van der Waals surface area contributed by atoms with Gasteiger partial charge in [-0.1, -0.05) is 0 Å². The van der Waals surface area contributed by atoms with Gasteiger partial charge in [-0.3, -0.25) is 5.21 Å². The molecule has 0 heterocycles. The molecule has 0 aromatic carbocycles. The molecule has 0 fully saturated rings. The van der Waals surface area contributed by atoms with E-state index in [0.717, 1.165) is 0 Å². The van der Waals surface area contributed by atoms with Gasteiger partial charge >= 0.3 is 12.4 Å². The number of alkyl halides is 6. The van der Waals surface area contributed by atoms with Crippen LogP contribution in [0.1, 0.15) is 0 Å². The van der Waals surface area contributed by atoms with Crippen LogP contribution in [-0.4, -0.2) is 49.8 Å². The molecule has 1 N–H and O–H groups in total. The summed E-state index contributed by atoms with van der Waals surface area (Å²) >= 11 is 0. The molecule has 0 atom stereocenters. The quantitative estimate of drug-likeness (QED) is 0.599. The Morgan fingerprint density at radius 2 is 1.00 bits per heavy atom. The minimum atomic E-state index is -5.87. The molecule has 0 saturated carbocycles. The molecule has 6 nitrogen and oxygen atoms in total. The van der Waals surface area contributed by atoms with E-state index in [1.807, 2.05) is 0 Å². The van der Waals surface area contributed by atoms with Gasteiger partial charge in [0.2, 0.25) is 0 Å². The third kappa shape index (κ3) is 5.83. The summed E-state index contributed by atoms with van der Waals surface area (Å²) in [4.78, 5) is 0. The van der Waals surface area contributed by atoms with Crippen LogP contribution in [0.2, 0.25) is 0 Å². The van der Waals surface area contributed by atoms with Crippen LogP contribution in [0.5, 0.6) is 0 Å². The molecule has 0 bridgehead atoms. The molecular formula is C4H5F6NO5S2. The smallest absolute Gasteiger partial charge is 0.286 e. The largest absolute Gasteiger partial charge is 0.404 e. The maximum absolute atomic E-state index is 11.7. The molecule has 0 spiro atoms.